The summed E-state index contributed by atoms with van der Waals surface area (Å²) in [4.78, 5) is 6.85. The molecule has 0 aromatic rings. The quantitative estimate of drug-likeness (QED) is 0.588. The molecule has 0 amide bonds. The molecule has 0 atom stereocenters. The van der Waals surface area contributed by atoms with Crippen molar-refractivity contribution in [2.24, 2.45) is 4.99 Å². The molecule has 0 aromatic heterocycles. The van der Waals surface area contributed by atoms with Crippen molar-refractivity contribution in [1.82, 2.24) is 4.90 Å². The maximum atomic E-state index is 4.43. The van der Waals surface area contributed by atoms with Crippen LogP contribution in [0.2, 0.25) is 0 Å². The Morgan fingerprint density at radius 1 is 1.42 bits per heavy atom. The van der Waals surface area contributed by atoms with Gasteiger partial charge in [0.05, 0.1) is 5.84 Å². The number of amidine groups is 1. The van der Waals surface area contributed by atoms with Crippen molar-refractivity contribution >= 4 is 5.84 Å². The van der Waals surface area contributed by atoms with Gasteiger partial charge in [-0.25, -0.2) is 0 Å². The van der Waals surface area contributed by atoms with Gasteiger partial charge >= 0.3 is 0 Å². The first-order valence-electron chi connectivity index (χ1n) is 5.10. The number of unbranched alkanes of at least 4 members (excludes halogenated alkanes) is 2. The van der Waals surface area contributed by atoms with Crippen molar-refractivity contribution < 1.29 is 0 Å². The number of nitrogens with zero attached hydrogens (tertiary/aromatic N) is 2. The summed E-state index contributed by atoms with van der Waals surface area (Å²) in [6.45, 7) is 7.85. The van der Waals surface area contributed by atoms with Gasteiger partial charge in [-0.05, 0) is 19.8 Å². The fraction of sp³-hybridized carbons (Fsp3) is 0.900. The molecule has 0 aromatic carbocycles. The van der Waals surface area contributed by atoms with Gasteiger partial charge in [0.15, 0.2) is 0 Å². The van der Waals surface area contributed by atoms with Crippen molar-refractivity contribution in [1.29, 1.82) is 0 Å². The van der Waals surface area contributed by atoms with Crippen LogP contribution in [0.15, 0.2) is 4.99 Å². The Labute approximate surface area is 75.7 Å². The van der Waals surface area contributed by atoms with Crippen LogP contribution in [0.1, 0.15) is 39.5 Å². The minimum atomic E-state index is 1.04. The fourth-order valence-electron chi connectivity index (χ4n) is 1.59. The topological polar surface area (TPSA) is 15.6 Å². The van der Waals surface area contributed by atoms with E-state index in [1.165, 1.54) is 44.6 Å². The maximum absolute atomic E-state index is 4.43. The van der Waals surface area contributed by atoms with Crippen LogP contribution in [-0.2, 0) is 0 Å². The smallest absolute Gasteiger partial charge is 0.0957 e. The zero-order valence-electron chi connectivity index (χ0n) is 8.34. The van der Waals surface area contributed by atoms with Gasteiger partial charge in [-0.3, -0.25) is 4.99 Å². The summed E-state index contributed by atoms with van der Waals surface area (Å²) in [5.41, 5.74) is 0. The van der Waals surface area contributed by atoms with Crippen LogP contribution >= 0.6 is 0 Å². The molecule has 0 aliphatic carbocycles. The number of hydrogen-bond donors (Lipinski definition) is 0. The molecule has 0 bridgehead atoms. The first kappa shape index (κ1) is 9.56. The lowest BCUT2D eigenvalue weighted by Crippen LogP contribution is -2.34. The van der Waals surface area contributed by atoms with Crippen LogP contribution in [0.25, 0.3) is 0 Å². The van der Waals surface area contributed by atoms with Crippen molar-refractivity contribution in [3.63, 3.8) is 0 Å². The second kappa shape index (κ2) is 5.18. The van der Waals surface area contributed by atoms with Crippen molar-refractivity contribution in [2.45, 2.75) is 39.5 Å². The maximum Gasteiger partial charge on any atom is 0.0957 e. The highest BCUT2D eigenvalue weighted by molar-refractivity contribution is 5.80. The Hall–Kier alpha value is -0.530. The molecule has 1 aliphatic rings. The number of rotatable bonds is 4. The number of hydrogen-bond acceptors (Lipinski definition) is 2. The third-order valence-electron chi connectivity index (χ3n) is 2.42. The average Bonchev–Trinajstić information content (AvgIpc) is 2.09. The second-order valence-electron chi connectivity index (χ2n) is 3.48. The Kier molecular flexibility index (Phi) is 4.12. The molecule has 0 saturated carbocycles. The first-order valence-corrected chi connectivity index (χ1v) is 5.10. The number of aliphatic imine (C=N–C) groups is 1. The highest BCUT2D eigenvalue weighted by atomic mass is 15.2. The lowest BCUT2D eigenvalue weighted by atomic mass is 10.2. The molecule has 0 spiro atoms. The Morgan fingerprint density at radius 2 is 2.25 bits per heavy atom. The van der Waals surface area contributed by atoms with Crippen molar-refractivity contribution in [3.8, 4) is 0 Å². The summed E-state index contributed by atoms with van der Waals surface area (Å²) in [6, 6.07) is 0. The standard InChI is InChI=1S/C10H20N2/c1-3-4-5-8-12-9-6-7-11-10(12)2/h3-9H2,1-2H3. The Balaban J connectivity index is 2.21. The molecule has 0 saturated heterocycles. The van der Waals surface area contributed by atoms with Crippen LogP contribution in [0.5, 0.6) is 0 Å². The van der Waals surface area contributed by atoms with E-state index in [4.69, 9.17) is 0 Å². The summed E-state index contributed by atoms with van der Waals surface area (Å²) in [5.74, 6) is 1.25. The zero-order chi connectivity index (χ0) is 8.81. The van der Waals surface area contributed by atoms with Gasteiger partial charge in [0.1, 0.15) is 0 Å². The molecular weight excluding hydrogens is 148 g/mol. The molecular formula is C10H20N2. The van der Waals surface area contributed by atoms with Crippen LogP contribution < -0.4 is 0 Å². The van der Waals surface area contributed by atoms with E-state index in [2.05, 4.69) is 23.7 Å². The van der Waals surface area contributed by atoms with Gasteiger partial charge in [-0.15, -0.1) is 0 Å². The highest BCUT2D eigenvalue weighted by Crippen LogP contribution is 2.05. The first-order chi connectivity index (χ1) is 5.84. The largest absolute Gasteiger partial charge is 0.361 e. The molecule has 1 aliphatic heterocycles. The molecule has 2 heteroatoms. The molecule has 1 rings (SSSR count). The third-order valence-corrected chi connectivity index (χ3v) is 2.42. The normalized spacial score (nSPS) is 17.8. The van der Waals surface area contributed by atoms with E-state index in [9.17, 15) is 0 Å². The van der Waals surface area contributed by atoms with Gasteiger partial charge in [0, 0.05) is 19.6 Å². The minimum absolute atomic E-state index is 1.04. The van der Waals surface area contributed by atoms with E-state index in [0.717, 1.165) is 6.54 Å². The van der Waals surface area contributed by atoms with Gasteiger partial charge in [0.25, 0.3) is 0 Å². The van der Waals surface area contributed by atoms with E-state index in [-0.39, 0.29) is 0 Å². The molecule has 12 heavy (non-hydrogen) atoms. The third kappa shape index (κ3) is 2.84. The van der Waals surface area contributed by atoms with Gasteiger partial charge in [0.2, 0.25) is 0 Å². The predicted molar refractivity (Wildman–Crippen MR) is 53.7 cm³/mol. The van der Waals surface area contributed by atoms with Crippen molar-refractivity contribution in [3.05, 3.63) is 0 Å². The Bertz CT molecular complexity index is 152. The van der Waals surface area contributed by atoms with E-state index in [1.54, 1.807) is 0 Å². The SMILES string of the molecule is CCCCCN1CCCN=C1C. The van der Waals surface area contributed by atoms with Gasteiger partial charge < -0.3 is 4.90 Å². The Morgan fingerprint density at radius 3 is 2.92 bits per heavy atom. The lowest BCUT2D eigenvalue weighted by Gasteiger charge is -2.27. The summed E-state index contributed by atoms with van der Waals surface area (Å²) < 4.78 is 0. The molecule has 0 radical (unpaired) electrons. The fourth-order valence-corrected chi connectivity index (χ4v) is 1.59. The molecule has 0 fully saturated rings. The van der Waals surface area contributed by atoms with Crippen LogP contribution in [0, 0.1) is 0 Å². The predicted octanol–water partition coefficient (Wildman–Crippen LogP) is 2.30. The van der Waals surface area contributed by atoms with E-state index < -0.39 is 0 Å². The van der Waals surface area contributed by atoms with Crippen molar-refractivity contribution in [2.75, 3.05) is 19.6 Å². The highest BCUT2D eigenvalue weighted by Gasteiger charge is 2.09. The van der Waals surface area contributed by atoms with Gasteiger partial charge in [-0.1, -0.05) is 19.8 Å². The van der Waals surface area contributed by atoms with E-state index >= 15 is 0 Å². The van der Waals surface area contributed by atoms with Crippen LogP contribution in [0.4, 0.5) is 0 Å². The molecule has 0 N–H and O–H groups in total. The summed E-state index contributed by atoms with van der Waals surface area (Å²) in [6.07, 6.45) is 5.22. The van der Waals surface area contributed by atoms with E-state index in [1.807, 2.05) is 0 Å². The lowest BCUT2D eigenvalue weighted by molar-refractivity contribution is 0.380. The molecule has 2 nitrogen and oxygen atoms in total. The van der Waals surface area contributed by atoms with Crippen LogP contribution in [0.3, 0.4) is 0 Å². The average molecular weight is 168 g/mol. The van der Waals surface area contributed by atoms with Crippen LogP contribution in [-0.4, -0.2) is 30.4 Å². The zero-order valence-corrected chi connectivity index (χ0v) is 8.34. The van der Waals surface area contributed by atoms with E-state index in [0.29, 0.717) is 0 Å². The summed E-state index contributed by atoms with van der Waals surface area (Å²) in [7, 11) is 0. The molecule has 1 heterocycles. The summed E-state index contributed by atoms with van der Waals surface area (Å²) >= 11 is 0. The second-order valence-corrected chi connectivity index (χ2v) is 3.48. The molecule has 0 unspecified atom stereocenters. The molecule has 70 valence electrons. The minimum Gasteiger partial charge on any atom is -0.361 e. The van der Waals surface area contributed by atoms with Gasteiger partial charge in [-0.2, -0.15) is 0 Å². The monoisotopic (exact) mass is 168 g/mol. The summed E-state index contributed by atoms with van der Waals surface area (Å²) in [5, 5.41) is 0.